The second-order valence-electron chi connectivity index (χ2n) is 6.24. The van der Waals surface area contributed by atoms with Crippen LogP contribution in [0.4, 0.5) is 10.5 Å². The quantitative estimate of drug-likeness (QED) is 0.903. The number of hydrogen-bond donors (Lipinski definition) is 1. The van der Waals surface area contributed by atoms with Crippen molar-refractivity contribution in [2.75, 3.05) is 18.4 Å². The summed E-state index contributed by atoms with van der Waals surface area (Å²) in [4.78, 5) is 17.9. The number of hydrogen-bond acceptors (Lipinski definition) is 4. The van der Waals surface area contributed by atoms with E-state index >= 15 is 0 Å². The number of aryl methyl sites for hydroxylation is 1. The molecule has 2 rings (SSSR count). The Morgan fingerprint density at radius 1 is 1.50 bits per heavy atom. The van der Waals surface area contributed by atoms with Crippen molar-refractivity contribution < 1.29 is 9.53 Å². The molecular weight excluding hydrogens is 254 g/mol. The third-order valence-corrected chi connectivity index (χ3v) is 3.11. The Morgan fingerprint density at radius 2 is 2.25 bits per heavy atom. The van der Waals surface area contributed by atoms with Crippen molar-refractivity contribution in [2.45, 2.75) is 45.8 Å². The monoisotopic (exact) mass is 277 g/mol. The Morgan fingerprint density at radius 3 is 2.90 bits per heavy atom. The van der Waals surface area contributed by atoms with Crippen LogP contribution in [0, 0.1) is 6.92 Å². The summed E-state index contributed by atoms with van der Waals surface area (Å²) < 4.78 is 5.39. The lowest BCUT2D eigenvalue weighted by Gasteiger charge is -2.24. The SMILES string of the molecule is Cc1cc(NC2CCN(C(=O)OC(C)(C)C)C2)ccn1. The number of rotatable bonds is 2. The van der Waals surface area contributed by atoms with E-state index in [1.165, 1.54) is 0 Å². The highest BCUT2D eigenvalue weighted by atomic mass is 16.6. The average molecular weight is 277 g/mol. The summed E-state index contributed by atoms with van der Waals surface area (Å²) in [5, 5.41) is 3.44. The molecular formula is C15H23N3O2. The van der Waals surface area contributed by atoms with Gasteiger partial charge >= 0.3 is 6.09 Å². The lowest BCUT2D eigenvalue weighted by molar-refractivity contribution is 0.0293. The lowest BCUT2D eigenvalue weighted by atomic mass is 10.2. The molecule has 1 aromatic rings. The first-order valence-electron chi connectivity index (χ1n) is 7.00. The number of aromatic nitrogens is 1. The minimum absolute atomic E-state index is 0.229. The summed E-state index contributed by atoms with van der Waals surface area (Å²) in [5.41, 5.74) is 1.59. The number of likely N-dealkylation sites (tertiary alicyclic amines) is 1. The van der Waals surface area contributed by atoms with Crippen LogP contribution >= 0.6 is 0 Å². The number of ether oxygens (including phenoxy) is 1. The van der Waals surface area contributed by atoms with Crippen LogP contribution in [0.15, 0.2) is 18.3 Å². The van der Waals surface area contributed by atoms with Crippen LogP contribution < -0.4 is 5.32 Å². The maximum absolute atomic E-state index is 12.0. The molecule has 0 spiro atoms. The molecule has 1 saturated heterocycles. The summed E-state index contributed by atoms with van der Waals surface area (Å²) in [6, 6.07) is 4.23. The summed E-state index contributed by atoms with van der Waals surface area (Å²) in [7, 11) is 0. The third kappa shape index (κ3) is 4.11. The highest BCUT2D eigenvalue weighted by Crippen LogP contribution is 2.18. The Hall–Kier alpha value is -1.78. The van der Waals surface area contributed by atoms with Crippen molar-refractivity contribution in [2.24, 2.45) is 0 Å². The van der Waals surface area contributed by atoms with Gasteiger partial charge in [-0.05, 0) is 46.2 Å². The van der Waals surface area contributed by atoms with Crippen molar-refractivity contribution in [1.29, 1.82) is 0 Å². The van der Waals surface area contributed by atoms with E-state index in [0.717, 1.165) is 24.3 Å². The predicted octanol–water partition coefficient (Wildman–Crippen LogP) is 2.81. The van der Waals surface area contributed by atoms with E-state index in [2.05, 4.69) is 10.3 Å². The Labute approximate surface area is 120 Å². The molecule has 5 heteroatoms. The molecule has 110 valence electrons. The zero-order chi connectivity index (χ0) is 14.8. The van der Waals surface area contributed by atoms with Crippen molar-refractivity contribution in [3.8, 4) is 0 Å². The standard InChI is InChI=1S/C15H23N3O2/c1-11-9-12(5-7-16-11)17-13-6-8-18(10-13)14(19)20-15(2,3)4/h5,7,9,13H,6,8,10H2,1-4H3,(H,16,17). The molecule has 5 nitrogen and oxygen atoms in total. The van der Waals surface area contributed by atoms with Crippen LogP contribution in [0.25, 0.3) is 0 Å². The number of carbonyl (C=O) groups is 1. The second kappa shape index (κ2) is 5.69. The van der Waals surface area contributed by atoms with E-state index in [9.17, 15) is 4.79 Å². The number of nitrogens with one attached hydrogen (secondary N) is 1. The minimum atomic E-state index is -0.440. The van der Waals surface area contributed by atoms with Gasteiger partial charge in [-0.25, -0.2) is 4.79 Å². The Bertz CT molecular complexity index is 482. The Balaban J connectivity index is 1.88. The van der Waals surface area contributed by atoms with Crippen LogP contribution in [0.2, 0.25) is 0 Å². The maximum atomic E-state index is 12.0. The summed E-state index contributed by atoms with van der Waals surface area (Å²) in [5.74, 6) is 0. The van der Waals surface area contributed by atoms with E-state index in [1.807, 2.05) is 39.8 Å². The molecule has 1 atom stereocenters. The van der Waals surface area contributed by atoms with Gasteiger partial charge in [0, 0.05) is 36.7 Å². The van der Waals surface area contributed by atoms with E-state index in [-0.39, 0.29) is 12.1 Å². The number of carbonyl (C=O) groups excluding carboxylic acids is 1. The zero-order valence-corrected chi connectivity index (χ0v) is 12.6. The van der Waals surface area contributed by atoms with Gasteiger partial charge in [0.15, 0.2) is 0 Å². The fraction of sp³-hybridized carbons (Fsp3) is 0.600. The topological polar surface area (TPSA) is 54.5 Å². The fourth-order valence-corrected chi connectivity index (χ4v) is 2.24. The summed E-state index contributed by atoms with van der Waals surface area (Å²) in [6.45, 7) is 9.03. The van der Waals surface area contributed by atoms with E-state index in [1.54, 1.807) is 11.1 Å². The predicted molar refractivity (Wildman–Crippen MR) is 78.8 cm³/mol. The molecule has 1 aliphatic rings. The van der Waals surface area contributed by atoms with Gasteiger partial charge in [-0.2, -0.15) is 0 Å². The molecule has 1 unspecified atom stereocenters. The van der Waals surface area contributed by atoms with Crippen molar-refractivity contribution in [1.82, 2.24) is 9.88 Å². The smallest absolute Gasteiger partial charge is 0.410 e. The summed E-state index contributed by atoms with van der Waals surface area (Å²) >= 11 is 0. The average Bonchev–Trinajstić information content (AvgIpc) is 2.75. The van der Waals surface area contributed by atoms with Crippen LogP contribution in [-0.4, -0.2) is 40.7 Å². The zero-order valence-electron chi connectivity index (χ0n) is 12.6. The minimum Gasteiger partial charge on any atom is -0.444 e. The van der Waals surface area contributed by atoms with Crippen LogP contribution in [-0.2, 0) is 4.74 Å². The van der Waals surface area contributed by atoms with E-state index < -0.39 is 5.60 Å². The first-order chi connectivity index (χ1) is 9.33. The molecule has 2 heterocycles. The van der Waals surface area contributed by atoms with Crippen molar-refractivity contribution in [3.05, 3.63) is 24.0 Å². The molecule has 1 aromatic heterocycles. The Kier molecular flexibility index (Phi) is 4.16. The second-order valence-corrected chi connectivity index (χ2v) is 6.24. The first kappa shape index (κ1) is 14.6. The largest absolute Gasteiger partial charge is 0.444 e. The maximum Gasteiger partial charge on any atom is 0.410 e. The lowest BCUT2D eigenvalue weighted by Crippen LogP contribution is -2.36. The van der Waals surface area contributed by atoms with Crippen LogP contribution in [0.3, 0.4) is 0 Å². The molecule has 0 bridgehead atoms. The molecule has 1 aliphatic heterocycles. The molecule has 0 aromatic carbocycles. The molecule has 1 fully saturated rings. The highest BCUT2D eigenvalue weighted by Gasteiger charge is 2.29. The van der Waals surface area contributed by atoms with Gasteiger partial charge in [0.05, 0.1) is 0 Å². The molecule has 1 amide bonds. The van der Waals surface area contributed by atoms with Gasteiger partial charge in [0.25, 0.3) is 0 Å². The number of amides is 1. The molecule has 0 aliphatic carbocycles. The van der Waals surface area contributed by atoms with Gasteiger partial charge in [-0.3, -0.25) is 4.98 Å². The molecule has 0 saturated carbocycles. The third-order valence-electron chi connectivity index (χ3n) is 3.11. The van der Waals surface area contributed by atoms with Gasteiger partial charge in [0.1, 0.15) is 5.60 Å². The first-order valence-corrected chi connectivity index (χ1v) is 7.00. The molecule has 1 N–H and O–H groups in total. The number of anilines is 1. The van der Waals surface area contributed by atoms with Crippen molar-refractivity contribution >= 4 is 11.8 Å². The molecule has 0 radical (unpaired) electrons. The highest BCUT2D eigenvalue weighted by molar-refractivity contribution is 5.68. The van der Waals surface area contributed by atoms with Gasteiger partial charge in [0.2, 0.25) is 0 Å². The fourth-order valence-electron chi connectivity index (χ4n) is 2.24. The van der Waals surface area contributed by atoms with Gasteiger partial charge in [-0.15, -0.1) is 0 Å². The van der Waals surface area contributed by atoms with Crippen LogP contribution in [0.5, 0.6) is 0 Å². The van der Waals surface area contributed by atoms with Gasteiger partial charge < -0.3 is 15.0 Å². The van der Waals surface area contributed by atoms with Crippen molar-refractivity contribution in [3.63, 3.8) is 0 Å². The van der Waals surface area contributed by atoms with E-state index in [0.29, 0.717) is 6.54 Å². The summed E-state index contributed by atoms with van der Waals surface area (Å²) in [6.07, 6.45) is 2.49. The number of nitrogens with zero attached hydrogens (tertiary/aromatic N) is 2. The van der Waals surface area contributed by atoms with Crippen LogP contribution in [0.1, 0.15) is 32.9 Å². The van der Waals surface area contributed by atoms with Gasteiger partial charge in [-0.1, -0.05) is 0 Å². The van der Waals surface area contributed by atoms with E-state index in [4.69, 9.17) is 4.74 Å². The normalized spacial score (nSPS) is 19.0. The molecule has 20 heavy (non-hydrogen) atoms. The number of pyridine rings is 1.